The zero-order valence-corrected chi connectivity index (χ0v) is 17.7. The number of amides is 2. The van der Waals surface area contributed by atoms with E-state index in [9.17, 15) is 9.59 Å². The molecule has 5 nitrogen and oxygen atoms in total. The van der Waals surface area contributed by atoms with Crippen LogP contribution in [0.25, 0.3) is 0 Å². The van der Waals surface area contributed by atoms with E-state index in [1.54, 1.807) is 31.3 Å². The molecule has 0 aliphatic rings. The van der Waals surface area contributed by atoms with E-state index in [0.717, 1.165) is 5.56 Å². The van der Waals surface area contributed by atoms with Crippen LogP contribution in [0.15, 0.2) is 42.5 Å². The maximum atomic E-state index is 13.0. The number of likely N-dealkylation sites (N-methyl/N-ethyl adjacent to an activating group) is 1. The summed E-state index contributed by atoms with van der Waals surface area (Å²) in [5, 5.41) is 3.56. The molecule has 2 amide bonds. The van der Waals surface area contributed by atoms with Crippen LogP contribution < -0.4 is 10.1 Å². The van der Waals surface area contributed by atoms with Crippen molar-refractivity contribution >= 4 is 35.0 Å². The Morgan fingerprint density at radius 1 is 1.18 bits per heavy atom. The molecule has 0 unspecified atom stereocenters. The summed E-state index contributed by atoms with van der Waals surface area (Å²) in [6.45, 7) is 3.80. The predicted molar refractivity (Wildman–Crippen MR) is 112 cm³/mol. The fraction of sp³-hybridized carbons (Fsp3) is 0.333. The molecule has 7 heteroatoms. The van der Waals surface area contributed by atoms with Gasteiger partial charge in [0, 0.05) is 23.6 Å². The number of hydrogen-bond acceptors (Lipinski definition) is 3. The fourth-order valence-electron chi connectivity index (χ4n) is 2.85. The predicted octanol–water partition coefficient (Wildman–Crippen LogP) is 4.23. The van der Waals surface area contributed by atoms with E-state index in [0.29, 0.717) is 27.8 Å². The van der Waals surface area contributed by atoms with E-state index in [2.05, 4.69) is 5.32 Å². The fourth-order valence-corrected chi connectivity index (χ4v) is 3.32. The summed E-state index contributed by atoms with van der Waals surface area (Å²) >= 11 is 12.2. The minimum absolute atomic E-state index is 0.178. The number of halogens is 2. The van der Waals surface area contributed by atoms with Crippen LogP contribution in [0.5, 0.6) is 5.75 Å². The number of aryl methyl sites for hydroxylation is 1. The second kappa shape index (κ2) is 10.3. The summed E-state index contributed by atoms with van der Waals surface area (Å²) in [6, 6.07) is 11.9. The molecule has 0 aliphatic heterocycles. The van der Waals surface area contributed by atoms with Crippen molar-refractivity contribution in [3.63, 3.8) is 0 Å². The zero-order valence-electron chi connectivity index (χ0n) is 16.2. The van der Waals surface area contributed by atoms with Gasteiger partial charge in [0.15, 0.2) is 6.61 Å². The SMILES string of the molecule is CC[C@@H](C(=O)NC)N(Cc1ccc(Cl)cc1Cl)C(=O)COc1cccc(C)c1. The Labute approximate surface area is 175 Å². The third-order valence-electron chi connectivity index (χ3n) is 4.34. The minimum atomic E-state index is -0.634. The van der Waals surface area contributed by atoms with Gasteiger partial charge in [0.1, 0.15) is 11.8 Å². The van der Waals surface area contributed by atoms with Crippen LogP contribution in [-0.2, 0) is 16.1 Å². The molecule has 1 N–H and O–H groups in total. The van der Waals surface area contributed by atoms with E-state index in [4.69, 9.17) is 27.9 Å². The van der Waals surface area contributed by atoms with Gasteiger partial charge in [-0.05, 0) is 48.7 Å². The van der Waals surface area contributed by atoms with Crippen LogP contribution in [-0.4, -0.2) is 36.4 Å². The summed E-state index contributed by atoms with van der Waals surface area (Å²) < 4.78 is 5.65. The number of carbonyl (C=O) groups excluding carboxylic acids is 2. The molecule has 0 bridgehead atoms. The van der Waals surface area contributed by atoms with E-state index < -0.39 is 6.04 Å². The molecular weight excluding hydrogens is 399 g/mol. The van der Waals surface area contributed by atoms with Crippen molar-refractivity contribution in [2.45, 2.75) is 32.9 Å². The highest BCUT2D eigenvalue weighted by Crippen LogP contribution is 2.24. The van der Waals surface area contributed by atoms with Gasteiger partial charge in [-0.1, -0.05) is 48.3 Å². The highest BCUT2D eigenvalue weighted by molar-refractivity contribution is 6.35. The molecule has 1 atom stereocenters. The lowest BCUT2D eigenvalue weighted by Crippen LogP contribution is -2.49. The second-order valence-corrected chi connectivity index (χ2v) is 7.24. The Bertz CT molecular complexity index is 842. The quantitative estimate of drug-likeness (QED) is 0.691. The summed E-state index contributed by atoms with van der Waals surface area (Å²) in [4.78, 5) is 26.8. The molecular formula is C21H24Cl2N2O3. The molecule has 0 heterocycles. The highest BCUT2D eigenvalue weighted by atomic mass is 35.5. The third kappa shape index (κ3) is 5.88. The first-order valence-electron chi connectivity index (χ1n) is 9.00. The Hall–Kier alpha value is -2.24. The van der Waals surface area contributed by atoms with E-state index in [-0.39, 0.29) is 25.0 Å². The van der Waals surface area contributed by atoms with E-state index in [1.165, 1.54) is 4.90 Å². The minimum Gasteiger partial charge on any atom is -0.484 e. The molecule has 2 aromatic carbocycles. The molecule has 0 radical (unpaired) electrons. The summed E-state index contributed by atoms with van der Waals surface area (Å²) in [5.74, 6) is 0.0604. The molecule has 28 heavy (non-hydrogen) atoms. The standard InChI is InChI=1S/C21H24Cl2N2O3/c1-4-19(21(27)24-3)25(12-15-8-9-16(22)11-18(15)23)20(26)13-28-17-7-5-6-14(2)10-17/h5-11,19H,4,12-13H2,1-3H3,(H,24,27)/t19-/m0/s1. The molecule has 2 rings (SSSR count). The Balaban J connectivity index is 2.23. The van der Waals surface area contributed by atoms with Gasteiger partial charge in [0.25, 0.3) is 5.91 Å². The van der Waals surface area contributed by atoms with Crippen molar-refractivity contribution in [1.82, 2.24) is 10.2 Å². The summed E-state index contributed by atoms with van der Waals surface area (Å²) in [6.07, 6.45) is 0.459. The average molecular weight is 423 g/mol. The lowest BCUT2D eigenvalue weighted by atomic mass is 10.1. The molecule has 2 aromatic rings. The van der Waals surface area contributed by atoms with Crippen molar-refractivity contribution in [1.29, 1.82) is 0 Å². The van der Waals surface area contributed by atoms with Crippen LogP contribution >= 0.6 is 23.2 Å². The molecule has 0 fully saturated rings. The third-order valence-corrected chi connectivity index (χ3v) is 4.93. The smallest absolute Gasteiger partial charge is 0.261 e. The largest absolute Gasteiger partial charge is 0.484 e. The van der Waals surface area contributed by atoms with Gasteiger partial charge in [-0.25, -0.2) is 0 Å². The van der Waals surface area contributed by atoms with Crippen LogP contribution in [0.3, 0.4) is 0 Å². The molecule has 0 saturated carbocycles. The number of nitrogens with one attached hydrogen (secondary N) is 1. The van der Waals surface area contributed by atoms with Crippen LogP contribution in [0, 0.1) is 6.92 Å². The molecule has 0 spiro atoms. The number of carbonyl (C=O) groups is 2. The van der Waals surface area contributed by atoms with Gasteiger partial charge < -0.3 is 15.0 Å². The Morgan fingerprint density at radius 3 is 2.54 bits per heavy atom. The van der Waals surface area contributed by atoms with Crippen molar-refractivity contribution < 1.29 is 14.3 Å². The summed E-state index contributed by atoms with van der Waals surface area (Å²) in [7, 11) is 1.55. The molecule has 0 aromatic heterocycles. The number of rotatable bonds is 8. The highest BCUT2D eigenvalue weighted by Gasteiger charge is 2.28. The van der Waals surface area contributed by atoms with Crippen molar-refractivity contribution in [3.8, 4) is 5.75 Å². The number of ether oxygens (including phenoxy) is 1. The first-order chi connectivity index (χ1) is 13.3. The summed E-state index contributed by atoms with van der Waals surface area (Å²) in [5.41, 5.74) is 1.74. The van der Waals surface area contributed by atoms with Crippen LogP contribution in [0.4, 0.5) is 0 Å². The first-order valence-corrected chi connectivity index (χ1v) is 9.75. The van der Waals surface area contributed by atoms with Gasteiger partial charge in [0.2, 0.25) is 5.91 Å². The normalized spacial score (nSPS) is 11.6. The van der Waals surface area contributed by atoms with Crippen molar-refractivity contribution in [2.24, 2.45) is 0 Å². The number of hydrogen-bond donors (Lipinski definition) is 1. The van der Waals surface area contributed by atoms with Gasteiger partial charge in [-0.2, -0.15) is 0 Å². The van der Waals surface area contributed by atoms with Crippen molar-refractivity contribution in [3.05, 3.63) is 63.6 Å². The lowest BCUT2D eigenvalue weighted by Gasteiger charge is -2.30. The van der Waals surface area contributed by atoms with E-state index in [1.807, 2.05) is 32.0 Å². The molecule has 150 valence electrons. The van der Waals surface area contributed by atoms with Gasteiger partial charge in [-0.15, -0.1) is 0 Å². The maximum absolute atomic E-state index is 13.0. The molecule has 0 saturated heterocycles. The number of benzene rings is 2. The van der Waals surface area contributed by atoms with Crippen LogP contribution in [0.1, 0.15) is 24.5 Å². The van der Waals surface area contributed by atoms with Gasteiger partial charge >= 0.3 is 0 Å². The topological polar surface area (TPSA) is 58.6 Å². The van der Waals surface area contributed by atoms with Crippen molar-refractivity contribution in [2.75, 3.05) is 13.7 Å². The number of nitrogens with zero attached hydrogens (tertiary/aromatic N) is 1. The average Bonchev–Trinajstić information content (AvgIpc) is 2.67. The van der Waals surface area contributed by atoms with Crippen LogP contribution in [0.2, 0.25) is 10.0 Å². The zero-order chi connectivity index (χ0) is 20.7. The Morgan fingerprint density at radius 2 is 1.93 bits per heavy atom. The first kappa shape index (κ1) is 22.1. The lowest BCUT2D eigenvalue weighted by molar-refractivity contribution is -0.142. The maximum Gasteiger partial charge on any atom is 0.261 e. The van der Waals surface area contributed by atoms with E-state index >= 15 is 0 Å². The van der Waals surface area contributed by atoms with Gasteiger partial charge in [-0.3, -0.25) is 9.59 Å². The second-order valence-electron chi connectivity index (χ2n) is 6.40. The monoisotopic (exact) mass is 422 g/mol. The van der Waals surface area contributed by atoms with Gasteiger partial charge in [0.05, 0.1) is 0 Å². The Kier molecular flexibility index (Phi) is 8.15. The molecule has 0 aliphatic carbocycles.